The SMILES string of the molecule is CCCCCCNC(=O)C1CNCC1C(=O)NCCCCCC. The van der Waals surface area contributed by atoms with E-state index in [1.807, 2.05) is 0 Å². The summed E-state index contributed by atoms with van der Waals surface area (Å²) >= 11 is 0. The fraction of sp³-hybridized carbons (Fsp3) is 0.889. The van der Waals surface area contributed by atoms with Crippen molar-refractivity contribution < 1.29 is 9.59 Å². The van der Waals surface area contributed by atoms with Crippen molar-refractivity contribution in [2.45, 2.75) is 65.2 Å². The number of hydrogen-bond acceptors (Lipinski definition) is 3. The molecule has 23 heavy (non-hydrogen) atoms. The number of nitrogens with one attached hydrogen (secondary N) is 3. The Bertz CT molecular complexity index is 315. The molecule has 5 nitrogen and oxygen atoms in total. The average molecular weight is 325 g/mol. The van der Waals surface area contributed by atoms with Crippen molar-refractivity contribution in [3.63, 3.8) is 0 Å². The number of hydrogen-bond donors (Lipinski definition) is 3. The molecule has 0 aromatic rings. The van der Waals surface area contributed by atoms with E-state index in [2.05, 4.69) is 29.8 Å². The van der Waals surface area contributed by atoms with Gasteiger partial charge < -0.3 is 16.0 Å². The first-order valence-electron chi connectivity index (χ1n) is 9.46. The van der Waals surface area contributed by atoms with Crippen LogP contribution in [0.2, 0.25) is 0 Å². The van der Waals surface area contributed by atoms with Crippen LogP contribution in [0.4, 0.5) is 0 Å². The fourth-order valence-electron chi connectivity index (χ4n) is 3.02. The summed E-state index contributed by atoms with van der Waals surface area (Å²) in [5.41, 5.74) is 0. The smallest absolute Gasteiger partial charge is 0.225 e. The summed E-state index contributed by atoms with van der Waals surface area (Å²) in [4.78, 5) is 24.6. The molecule has 0 aromatic carbocycles. The van der Waals surface area contributed by atoms with Crippen LogP contribution in [-0.4, -0.2) is 38.0 Å². The summed E-state index contributed by atoms with van der Waals surface area (Å²) in [7, 11) is 0. The van der Waals surface area contributed by atoms with Crippen LogP contribution in [0.25, 0.3) is 0 Å². The number of rotatable bonds is 12. The predicted molar refractivity (Wildman–Crippen MR) is 94.2 cm³/mol. The van der Waals surface area contributed by atoms with Crippen LogP contribution in [0.15, 0.2) is 0 Å². The molecule has 2 unspecified atom stereocenters. The maximum atomic E-state index is 12.3. The largest absolute Gasteiger partial charge is 0.356 e. The van der Waals surface area contributed by atoms with Gasteiger partial charge in [-0.25, -0.2) is 0 Å². The molecule has 1 aliphatic heterocycles. The Balaban J connectivity index is 2.25. The Morgan fingerprint density at radius 2 is 1.22 bits per heavy atom. The normalized spacial score (nSPS) is 20.4. The van der Waals surface area contributed by atoms with E-state index < -0.39 is 0 Å². The van der Waals surface area contributed by atoms with Gasteiger partial charge in [0, 0.05) is 26.2 Å². The van der Waals surface area contributed by atoms with E-state index in [1.54, 1.807) is 0 Å². The molecule has 3 N–H and O–H groups in total. The van der Waals surface area contributed by atoms with Crippen LogP contribution in [0.1, 0.15) is 65.2 Å². The van der Waals surface area contributed by atoms with Crippen molar-refractivity contribution >= 4 is 11.8 Å². The van der Waals surface area contributed by atoms with E-state index in [9.17, 15) is 9.59 Å². The highest BCUT2D eigenvalue weighted by Crippen LogP contribution is 2.17. The quantitative estimate of drug-likeness (QED) is 0.482. The van der Waals surface area contributed by atoms with Crippen molar-refractivity contribution in [2.24, 2.45) is 11.8 Å². The van der Waals surface area contributed by atoms with Crippen molar-refractivity contribution in [2.75, 3.05) is 26.2 Å². The number of unbranched alkanes of at least 4 members (excludes halogenated alkanes) is 6. The van der Waals surface area contributed by atoms with Gasteiger partial charge in [-0.1, -0.05) is 52.4 Å². The maximum Gasteiger partial charge on any atom is 0.225 e. The van der Waals surface area contributed by atoms with Gasteiger partial charge >= 0.3 is 0 Å². The molecule has 2 atom stereocenters. The Morgan fingerprint density at radius 1 is 0.783 bits per heavy atom. The van der Waals surface area contributed by atoms with Crippen LogP contribution < -0.4 is 16.0 Å². The number of carbonyl (C=O) groups is 2. The van der Waals surface area contributed by atoms with Gasteiger partial charge in [-0.2, -0.15) is 0 Å². The fourth-order valence-corrected chi connectivity index (χ4v) is 3.02. The Hall–Kier alpha value is -1.10. The summed E-state index contributed by atoms with van der Waals surface area (Å²) in [6.45, 7) is 7.01. The molecule has 0 aromatic heterocycles. The Labute approximate surface area is 141 Å². The summed E-state index contributed by atoms with van der Waals surface area (Å²) in [6.07, 6.45) is 9.17. The van der Waals surface area contributed by atoms with Crippen molar-refractivity contribution in [1.29, 1.82) is 0 Å². The molecule has 0 saturated carbocycles. The van der Waals surface area contributed by atoms with Crippen LogP contribution in [-0.2, 0) is 9.59 Å². The number of amides is 2. The minimum absolute atomic E-state index is 0.0256. The molecule has 1 heterocycles. The van der Waals surface area contributed by atoms with E-state index in [0.717, 1.165) is 38.8 Å². The van der Waals surface area contributed by atoms with Gasteiger partial charge in [0.25, 0.3) is 0 Å². The van der Waals surface area contributed by atoms with Crippen LogP contribution in [0.5, 0.6) is 0 Å². The average Bonchev–Trinajstić information content (AvgIpc) is 3.04. The molecular formula is C18H35N3O2. The molecule has 1 saturated heterocycles. The molecule has 0 aliphatic carbocycles. The van der Waals surface area contributed by atoms with Gasteiger partial charge in [-0.3, -0.25) is 9.59 Å². The van der Waals surface area contributed by atoms with Crippen molar-refractivity contribution in [1.82, 2.24) is 16.0 Å². The van der Waals surface area contributed by atoms with Crippen LogP contribution >= 0.6 is 0 Å². The van der Waals surface area contributed by atoms with E-state index in [1.165, 1.54) is 25.7 Å². The standard InChI is InChI=1S/C18H35N3O2/c1-3-5-7-9-11-20-17(22)15-13-19-14-16(15)18(23)21-12-10-8-6-4-2/h15-16,19H,3-14H2,1-2H3,(H,20,22)(H,21,23). The zero-order valence-corrected chi connectivity index (χ0v) is 15.0. The Kier molecular flexibility index (Phi) is 10.7. The van der Waals surface area contributed by atoms with Crippen LogP contribution in [0.3, 0.4) is 0 Å². The first kappa shape index (κ1) is 19.9. The van der Waals surface area contributed by atoms with E-state index in [-0.39, 0.29) is 23.7 Å². The first-order chi connectivity index (χ1) is 11.2. The van der Waals surface area contributed by atoms with E-state index >= 15 is 0 Å². The third kappa shape index (κ3) is 7.82. The Morgan fingerprint density at radius 3 is 1.61 bits per heavy atom. The van der Waals surface area contributed by atoms with E-state index in [4.69, 9.17) is 0 Å². The summed E-state index contributed by atoms with van der Waals surface area (Å²) < 4.78 is 0. The lowest BCUT2D eigenvalue weighted by Gasteiger charge is -2.18. The van der Waals surface area contributed by atoms with Gasteiger partial charge in [0.1, 0.15) is 0 Å². The lowest BCUT2D eigenvalue weighted by Crippen LogP contribution is -2.42. The van der Waals surface area contributed by atoms with Gasteiger partial charge in [0.15, 0.2) is 0 Å². The first-order valence-corrected chi connectivity index (χ1v) is 9.46. The predicted octanol–water partition coefficient (Wildman–Crippen LogP) is 2.21. The molecule has 0 spiro atoms. The topological polar surface area (TPSA) is 70.2 Å². The third-order valence-electron chi connectivity index (χ3n) is 4.55. The second kappa shape index (κ2) is 12.3. The molecule has 1 fully saturated rings. The second-order valence-corrected chi connectivity index (χ2v) is 6.57. The molecular weight excluding hydrogens is 290 g/mol. The monoisotopic (exact) mass is 325 g/mol. The summed E-state index contributed by atoms with van der Waals surface area (Å²) in [5.74, 6) is -0.399. The molecule has 1 rings (SSSR count). The highest BCUT2D eigenvalue weighted by atomic mass is 16.2. The zero-order chi connectivity index (χ0) is 16.9. The minimum Gasteiger partial charge on any atom is -0.356 e. The van der Waals surface area contributed by atoms with Gasteiger partial charge in [0.05, 0.1) is 11.8 Å². The minimum atomic E-state index is -0.225. The molecule has 2 amide bonds. The van der Waals surface area contributed by atoms with Crippen molar-refractivity contribution in [3.05, 3.63) is 0 Å². The maximum absolute atomic E-state index is 12.3. The summed E-state index contributed by atoms with van der Waals surface area (Å²) in [6, 6.07) is 0. The van der Waals surface area contributed by atoms with Gasteiger partial charge in [0.2, 0.25) is 11.8 Å². The molecule has 134 valence electrons. The van der Waals surface area contributed by atoms with Gasteiger partial charge in [-0.05, 0) is 12.8 Å². The number of carbonyl (C=O) groups excluding carboxylic acids is 2. The highest BCUT2D eigenvalue weighted by molar-refractivity contribution is 5.88. The molecule has 5 heteroatoms. The second-order valence-electron chi connectivity index (χ2n) is 6.57. The van der Waals surface area contributed by atoms with Gasteiger partial charge in [-0.15, -0.1) is 0 Å². The van der Waals surface area contributed by atoms with Crippen molar-refractivity contribution in [3.8, 4) is 0 Å². The summed E-state index contributed by atoms with van der Waals surface area (Å²) in [5, 5.41) is 9.17. The molecule has 0 radical (unpaired) electrons. The third-order valence-corrected chi connectivity index (χ3v) is 4.55. The highest BCUT2D eigenvalue weighted by Gasteiger charge is 2.37. The van der Waals surface area contributed by atoms with E-state index in [0.29, 0.717) is 13.1 Å². The molecule has 1 aliphatic rings. The zero-order valence-electron chi connectivity index (χ0n) is 15.0. The lowest BCUT2D eigenvalue weighted by molar-refractivity contribution is -0.132. The van der Waals surface area contributed by atoms with Crippen LogP contribution in [0, 0.1) is 11.8 Å². The lowest BCUT2D eigenvalue weighted by atomic mass is 9.94. The molecule has 0 bridgehead atoms.